The van der Waals surface area contributed by atoms with Crippen LogP contribution in [-0.4, -0.2) is 12.5 Å². The number of benzene rings is 1. The zero-order chi connectivity index (χ0) is 13.9. The van der Waals surface area contributed by atoms with Gasteiger partial charge >= 0.3 is 0 Å². The van der Waals surface area contributed by atoms with Crippen molar-refractivity contribution in [1.82, 2.24) is 5.32 Å². The Balaban J connectivity index is 1.97. The van der Waals surface area contributed by atoms with E-state index in [4.69, 9.17) is 0 Å². The van der Waals surface area contributed by atoms with Gasteiger partial charge in [0.15, 0.2) is 0 Å². The van der Waals surface area contributed by atoms with Crippen LogP contribution >= 0.6 is 31.9 Å². The molecule has 1 aliphatic rings. The summed E-state index contributed by atoms with van der Waals surface area (Å²) in [6.45, 7) is 3.05. The number of carbonyl (C=O) groups excluding carboxylic acids is 1. The van der Waals surface area contributed by atoms with Gasteiger partial charge in [-0.2, -0.15) is 0 Å². The van der Waals surface area contributed by atoms with Gasteiger partial charge in [-0.1, -0.05) is 58.0 Å². The molecule has 0 atom stereocenters. The molecule has 1 aliphatic carbocycles. The number of hydrogen-bond acceptors (Lipinski definition) is 1. The summed E-state index contributed by atoms with van der Waals surface area (Å²) in [5, 5.41) is 3.08. The summed E-state index contributed by atoms with van der Waals surface area (Å²) in [5.41, 5.74) is 0.970. The number of hydrogen-bond donors (Lipinski definition) is 1. The summed E-state index contributed by atoms with van der Waals surface area (Å²) in [5.74, 6) is 0.00815. The predicted octanol–water partition coefficient (Wildman–Crippen LogP) is 4.91. The van der Waals surface area contributed by atoms with Crippen LogP contribution in [0.1, 0.15) is 49.4 Å². The Morgan fingerprint density at radius 2 is 1.74 bits per heavy atom. The van der Waals surface area contributed by atoms with Crippen LogP contribution in [0.4, 0.5) is 0 Å². The lowest BCUT2D eigenvalue weighted by Gasteiger charge is -2.33. The molecule has 0 heterocycles. The van der Waals surface area contributed by atoms with E-state index in [0.717, 1.165) is 15.5 Å². The molecule has 1 amide bonds. The molecule has 1 saturated carbocycles. The molecule has 2 rings (SSSR count). The van der Waals surface area contributed by atoms with E-state index in [1.165, 1.54) is 32.1 Å². The predicted molar refractivity (Wildman–Crippen MR) is 85.4 cm³/mol. The van der Waals surface area contributed by atoms with Gasteiger partial charge in [-0.05, 0) is 36.5 Å². The van der Waals surface area contributed by atoms with E-state index >= 15 is 0 Å². The number of carbonyl (C=O) groups is 1. The minimum absolute atomic E-state index is 0.00815. The zero-order valence-corrected chi connectivity index (χ0v) is 14.3. The second-order valence-corrected chi connectivity index (χ2v) is 7.54. The lowest BCUT2D eigenvalue weighted by molar-refractivity contribution is 0.0919. The van der Waals surface area contributed by atoms with Crippen molar-refractivity contribution in [1.29, 1.82) is 0 Å². The van der Waals surface area contributed by atoms with Gasteiger partial charge in [-0.15, -0.1) is 0 Å². The van der Waals surface area contributed by atoms with Crippen LogP contribution in [-0.2, 0) is 0 Å². The first-order chi connectivity index (χ1) is 8.98. The van der Waals surface area contributed by atoms with E-state index in [9.17, 15) is 4.79 Å². The van der Waals surface area contributed by atoms with Crippen molar-refractivity contribution in [3.8, 4) is 0 Å². The van der Waals surface area contributed by atoms with Crippen molar-refractivity contribution in [2.24, 2.45) is 5.41 Å². The summed E-state index contributed by atoms with van der Waals surface area (Å²) in [6.07, 6.45) is 6.34. The van der Waals surface area contributed by atoms with Crippen LogP contribution in [0, 0.1) is 5.41 Å². The highest BCUT2D eigenvalue weighted by atomic mass is 79.9. The van der Waals surface area contributed by atoms with Crippen LogP contribution < -0.4 is 5.32 Å². The highest BCUT2D eigenvalue weighted by Crippen LogP contribution is 2.35. The summed E-state index contributed by atoms with van der Waals surface area (Å²) < 4.78 is 1.83. The molecule has 0 saturated heterocycles. The minimum Gasteiger partial charge on any atom is -0.351 e. The van der Waals surface area contributed by atoms with Crippen LogP contribution in [0.15, 0.2) is 27.1 Å². The molecule has 1 N–H and O–H groups in total. The van der Waals surface area contributed by atoms with Crippen LogP contribution in [0.2, 0.25) is 0 Å². The fraction of sp³-hybridized carbons (Fsp3) is 0.533. The number of halogens is 2. The molecule has 0 unspecified atom stereocenters. The van der Waals surface area contributed by atoms with Gasteiger partial charge in [0.2, 0.25) is 0 Å². The summed E-state index contributed by atoms with van der Waals surface area (Å²) in [6, 6.07) is 5.63. The third-order valence-corrected chi connectivity index (χ3v) is 4.78. The third-order valence-electron chi connectivity index (χ3n) is 3.86. The fourth-order valence-electron chi connectivity index (χ4n) is 2.66. The second kappa shape index (κ2) is 6.40. The van der Waals surface area contributed by atoms with Crippen LogP contribution in [0.25, 0.3) is 0 Å². The molecule has 1 aromatic rings. The molecule has 0 aromatic heterocycles. The smallest absolute Gasteiger partial charge is 0.251 e. The average molecular weight is 389 g/mol. The van der Waals surface area contributed by atoms with E-state index in [1.54, 1.807) is 0 Å². The van der Waals surface area contributed by atoms with Gasteiger partial charge in [-0.25, -0.2) is 0 Å². The lowest BCUT2D eigenvalue weighted by atomic mass is 9.76. The van der Waals surface area contributed by atoms with Crippen molar-refractivity contribution >= 4 is 37.8 Å². The second-order valence-electron chi connectivity index (χ2n) is 5.71. The van der Waals surface area contributed by atoms with Crippen molar-refractivity contribution in [2.45, 2.75) is 39.0 Å². The van der Waals surface area contributed by atoms with Gasteiger partial charge in [-0.3, -0.25) is 4.79 Å². The molecule has 4 heteroatoms. The van der Waals surface area contributed by atoms with Gasteiger partial charge in [0, 0.05) is 21.1 Å². The summed E-state index contributed by atoms with van der Waals surface area (Å²) in [4.78, 5) is 12.2. The quantitative estimate of drug-likeness (QED) is 0.782. The van der Waals surface area contributed by atoms with E-state index in [2.05, 4.69) is 44.1 Å². The van der Waals surface area contributed by atoms with E-state index in [-0.39, 0.29) is 11.3 Å². The molecular formula is C15H19Br2NO. The van der Waals surface area contributed by atoms with Gasteiger partial charge < -0.3 is 5.32 Å². The van der Waals surface area contributed by atoms with Gasteiger partial charge in [0.05, 0.1) is 0 Å². The SMILES string of the molecule is CC1(CNC(=O)c2cc(Br)cc(Br)c2)CCCCC1. The molecule has 104 valence electrons. The van der Waals surface area contributed by atoms with Crippen molar-refractivity contribution in [2.75, 3.05) is 6.54 Å². The molecule has 2 nitrogen and oxygen atoms in total. The zero-order valence-electron chi connectivity index (χ0n) is 11.1. The Hall–Kier alpha value is -0.350. The normalized spacial score (nSPS) is 18.1. The standard InChI is InChI=1S/C15H19Br2NO/c1-15(5-3-2-4-6-15)10-18-14(19)11-7-12(16)9-13(17)8-11/h7-9H,2-6,10H2,1H3,(H,18,19). The molecule has 0 aliphatic heterocycles. The Kier molecular flexibility index (Phi) is 5.07. The Bertz CT molecular complexity index is 447. The Labute approximate surface area is 131 Å². The first-order valence-electron chi connectivity index (χ1n) is 6.73. The van der Waals surface area contributed by atoms with E-state index < -0.39 is 0 Å². The van der Waals surface area contributed by atoms with Crippen molar-refractivity contribution in [3.05, 3.63) is 32.7 Å². The molecule has 0 radical (unpaired) electrons. The summed E-state index contributed by atoms with van der Waals surface area (Å²) >= 11 is 6.82. The third kappa shape index (κ3) is 4.32. The number of amides is 1. The fourth-order valence-corrected chi connectivity index (χ4v) is 3.96. The van der Waals surface area contributed by atoms with Crippen molar-refractivity contribution in [3.63, 3.8) is 0 Å². The van der Waals surface area contributed by atoms with E-state index in [1.807, 2.05) is 18.2 Å². The topological polar surface area (TPSA) is 29.1 Å². The minimum atomic E-state index is 0.00815. The monoisotopic (exact) mass is 387 g/mol. The molecule has 0 spiro atoms. The number of rotatable bonds is 3. The van der Waals surface area contributed by atoms with Crippen LogP contribution in [0.5, 0.6) is 0 Å². The molecule has 19 heavy (non-hydrogen) atoms. The Morgan fingerprint density at radius 1 is 1.16 bits per heavy atom. The van der Waals surface area contributed by atoms with Gasteiger partial charge in [0.25, 0.3) is 5.91 Å². The molecule has 1 aromatic carbocycles. The first-order valence-corrected chi connectivity index (χ1v) is 8.31. The van der Waals surface area contributed by atoms with E-state index in [0.29, 0.717) is 5.56 Å². The molecular weight excluding hydrogens is 370 g/mol. The van der Waals surface area contributed by atoms with Crippen LogP contribution in [0.3, 0.4) is 0 Å². The maximum absolute atomic E-state index is 12.2. The maximum atomic E-state index is 12.2. The largest absolute Gasteiger partial charge is 0.351 e. The molecule has 1 fully saturated rings. The maximum Gasteiger partial charge on any atom is 0.251 e. The summed E-state index contributed by atoms with van der Waals surface area (Å²) in [7, 11) is 0. The number of nitrogens with one attached hydrogen (secondary N) is 1. The average Bonchev–Trinajstić information content (AvgIpc) is 2.36. The lowest BCUT2D eigenvalue weighted by Crippen LogP contribution is -2.37. The molecule has 0 bridgehead atoms. The highest BCUT2D eigenvalue weighted by molar-refractivity contribution is 9.11. The highest BCUT2D eigenvalue weighted by Gasteiger charge is 2.27. The van der Waals surface area contributed by atoms with Crippen molar-refractivity contribution < 1.29 is 4.79 Å². The Morgan fingerprint density at radius 3 is 2.32 bits per heavy atom. The van der Waals surface area contributed by atoms with Gasteiger partial charge in [0.1, 0.15) is 0 Å². The first kappa shape index (κ1) is 15.0.